The van der Waals surface area contributed by atoms with E-state index in [1.807, 2.05) is 63.4 Å². The second-order valence-corrected chi connectivity index (χ2v) is 3.59. The Morgan fingerprint density at radius 1 is 0.833 bits per heavy atom. The van der Waals surface area contributed by atoms with Crippen LogP contribution < -0.4 is 10.1 Å². The van der Waals surface area contributed by atoms with E-state index in [0.29, 0.717) is 0 Å². The SMILES string of the molecule is CC.CNCc1ccc(Oc2ccccc2)cc1. The van der Waals surface area contributed by atoms with Gasteiger partial charge in [-0.1, -0.05) is 44.2 Å². The van der Waals surface area contributed by atoms with Crippen LogP contribution in [0.2, 0.25) is 0 Å². The number of ether oxygens (including phenoxy) is 1. The van der Waals surface area contributed by atoms with Gasteiger partial charge in [-0.2, -0.15) is 0 Å². The zero-order valence-electron chi connectivity index (χ0n) is 11.3. The summed E-state index contributed by atoms with van der Waals surface area (Å²) in [5.41, 5.74) is 1.25. The van der Waals surface area contributed by atoms with Gasteiger partial charge in [-0.25, -0.2) is 0 Å². The predicted molar refractivity (Wildman–Crippen MR) is 77.1 cm³/mol. The summed E-state index contributed by atoms with van der Waals surface area (Å²) in [5, 5.41) is 3.11. The number of nitrogens with one attached hydrogen (secondary N) is 1. The largest absolute Gasteiger partial charge is 0.457 e. The van der Waals surface area contributed by atoms with Gasteiger partial charge in [0.25, 0.3) is 0 Å². The molecule has 0 spiro atoms. The van der Waals surface area contributed by atoms with Crippen molar-refractivity contribution in [3.05, 3.63) is 60.2 Å². The van der Waals surface area contributed by atoms with E-state index in [2.05, 4.69) is 17.4 Å². The molecule has 0 heterocycles. The van der Waals surface area contributed by atoms with Crippen LogP contribution in [0.15, 0.2) is 54.6 Å². The molecule has 0 fully saturated rings. The van der Waals surface area contributed by atoms with E-state index in [1.54, 1.807) is 0 Å². The van der Waals surface area contributed by atoms with Crippen LogP contribution in [0.1, 0.15) is 19.4 Å². The Kier molecular flexibility index (Phi) is 6.59. The summed E-state index contributed by atoms with van der Waals surface area (Å²) in [6, 6.07) is 17.9. The molecule has 1 N–H and O–H groups in total. The minimum absolute atomic E-state index is 0.865. The molecular formula is C16H21NO. The number of para-hydroxylation sites is 1. The first-order valence-corrected chi connectivity index (χ1v) is 6.35. The Hall–Kier alpha value is -1.80. The lowest BCUT2D eigenvalue weighted by Gasteiger charge is -2.06. The maximum atomic E-state index is 5.69. The first-order valence-electron chi connectivity index (χ1n) is 6.35. The highest BCUT2D eigenvalue weighted by Gasteiger charge is 1.96. The molecule has 2 nitrogen and oxygen atoms in total. The summed E-state index contributed by atoms with van der Waals surface area (Å²) in [6.45, 7) is 4.88. The molecule has 0 aliphatic heterocycles. The molecule has 2 heteroatoms. The Balaban J connectivity index is 0.000000771. The summed E-state index contributed by atoms with van der Waals surface area (Å²) in [4.78, 5) is 0. The maximum absolute atomic E-state index is 5.69. The molecule has 0 aromatic heterocycles. The second kappa shape index (κ2) is 8.31. The second-order valence-electron chi connectivity index (χ2n) is 3.59. The zero-order valence-corrected chi connectivity index (χ0v) is 11.3. The Bertz CT molecular complexity index is 423. The van der Waals surface area contributed by atoms with Crippen molar-refractivity contribution in [2.45, 2.75) is 20.4 Å². The molecule has 18 heavy (non-hydrogen) atoms. The van der Waals surface area contributed by atoms with Gasteiger partial charge in [-0.3, -0.25) is 0 Å². The zero-order chi connectivity index (χ0) is 13.2. The molecule has 96 valence electrons. The first kappa shape index (κ1) is 14.3. The monoisotopic (exact) mass is 243 g/mol. The maximum Gasteiger partial charge on any atom is 0.127 e. The van der Waals surface area contributed by atoms with Gasteiger partial charge in [-0.15, -0.1) is 0 Å². The van der Waals surface area contributed by atoms with E-state index in [9.17, 15) is 0 Å². The van der Waals surface area contributed by atoms with Crippen LogP contribution in [-0.2, 0) is 6.54 Å². The summed E-state index contributed by atoms with van der Waals surface area (Å²) in [7, 11) is 1.94. The van der Waals surface area contributed by atoms with Crippen molar-refractivity contribution in [1.82, 2.24) is 5.32 Å². The Labute approximate surface area is 110 Å². The topological polar surface area (TPSA) is 21.3 Å². The minimum Gasteiger partial charge on any atom is -0.457 e. The third-order valence-corrected chi connectivity index (χ3v) is 2.28. The molecule has 0 saturated heterocycles. The molecule has 0 saturated carbocycles. The van der Waals surface area contributed by atoms with Gasteiger partial charge in [0.05, 0.1) is 0 Å². The third-order valence-electron chi connectivity index (χ3n) is 2.28. The molecule has 2 aromatic carbocycles. The van der Waals surface area contributed by atoms with Gasteiger partial charge in [0.1, 0.15) is 11.5 Å². The number of benzene rings is 2. The van der Waals surface area contributed by atoms with E-state index >= 15 is 0 Å². The van der Waals surface area contributed by atoms with Crippen LogP contribution >= 0.6 is 0 Å². The summed E-state index contributed by atoms with van der Waals surface area (Å²) >= 11 is 0. The van der Waals surface area contributed by atoms with Crippen LogP contribution in [0, 0.1) is 0 Å². The minimum atomic E-state index is 0.865. The predicted octanol–water partition coefficient (Wildman–Crippen LogP) is 4.22. The van der Waals surface area contributed by atoms with Crippen molar-refractivity contribution in [2.75, 3.05) is 7.05 Å². The van der Waals surface area contributed by atoms with Gasteiger partial charge in [0.15, 0.2) is 0 Å². The van der Waals surface area contributed by atoms with E-state index in [0.717, 1.165) is 18.0 Å². The third kappa shape index (κ3) is 4.60. The fourth-order valence-corrected chi connectivity index (χ4v) is 1.50. The molecule has 0 aliphatic rings. The number of hydrogen-bond donors (Lipinski definition) is 1. The average Bonchev–Trinajstić information content (AvgIpc) is 2.45. The van der Waals surface area contributed by atoms with Crippen molar-refractivity contribution in [2.24, 2.45) is 0 Å². The van der Waals surface area contributed by atoms with E-state index in [4.69, 9.17) is 4.74 Å². The van der Waals surface area contributed by atoms with Crippen molar-refractivity contribution in [1.29, 1.82) is 0 Å². The average molecular weight is 243 g/mol. The first-order chi connectivity index (χ1) is 8.88. The van der Waals surface area contributed by atoms with Gasteiger partial charge >= 0.3 is 0 Å². The van der Waals surface area contributed by atoms with E-state index in [-0.39, 0.29) is 0 Å². The van der Waals surface area contributed by atoms with Crippen molar-refractivity contribution >= 4 is 0 Å². The molecular weight excluding hydrogens is 222 g/mol. The van der Waals surface area contributed by atoms with Crippen LogP contribution in [0.3, 0.4) is 0 Å². The highest BCUT2D eigenvalue weighted by atomic mass is 16.5. The molecule has 0 bridgehead atoms. The van der Waals surface area contributed by atoms with Crippen LogP contribution in [-0.4, -0.2) is 7.05 Å². The molecule has 2 rings (SSSR count). The van der Waals surface area contributed by atoms with Gasteiger partial charge in [0.2, 0.25) is 0 Å². The fraction of sp³-hybridized carbons (Fsp3) is 0.250. The van der Waals surface area contributed by atoms with Crippen molar-refractivity contribution < 1.29 is 4.74 Å². The van der Waals surface area contributed by atoms with Gasteiger partial charge in [0, 0.05) is 6.54 Å². The van der Waals surface area contributed by atoms with Crippen LogP contribution in [0.25, 0.3) is 0 Å². The normalized spacial score (nSPS) is 9.28. The van der Waals surface area contributed by atoms with Crippen molar-refractivity contribution in [3.63, 3.8) is 0 Å². The summed E-state index contributed by atoms with van der Waals surface area (Å²) in [6.07, 6.45) is 0. The molecule has 0 unspecified atom stereocenters. The molecule has 0 amide bonds. The Morgan fingerprint density at radius 3 is 1.94 bits per heavy atom. The molecule has 2 aromatic rings. The standard InChI is InChI=1S/C14H15NO.C2H6/c1-15-11-12-7-9-14(10-8-12)16-13-5-3-2-4-6-13;1-2/h2-10,15H,11H2,1H3;1-2H3. The lowest BCUT2D eigenvalue weighted by molar-refractivity contribution is 0.482. The van der Waals surface area contributed by atoms with E-state index < -0.39 is 0 Å². The summed E-state index contributed by atoms with van der Waals surface area (Å²) < 4.78 is 5.69. The highest BCUT2D eigenvalue weighted by Crippen LogP contribution is 2.20. The lowest BCUT2D eigenvalue weighted by Crippen LogP contribution is -2.04. The smallest absolute Gasteiger partial charge is 0.127 e. The van der Waals surface area contributed by atoms with Gasteiger partial charge in [-0.05, 0) is 36.9 Å². The number of hydrogen-bond acceptors (Lipinski definition) is 2. The lowest BCUT2D eigenvalue weighted by atomic mass is 10.2. The molecule has 0 atom stereocenters. The molecule has 0 aliphatic carbocycles. The highest BCUT2D eigenvalue weighted by molar-refractivity contribution is 5.32. The van der Waals surface area contributed by atoms with E-state index in [1.165, 1.54) is 5.56 Å². The summed E-state index contributed by atoms with van der Waals surface area (Å²) in [5.74, 6) is 1.73. The quantitative estimate of drug-likeness (QED) is 0.868. The van der Waals surface area contributed by atoms with Crippen LogP contribution in [0.4, 0.5) is 0 Å². The van der Waals surface area contributed by atoms with Crippen LogP contribution in [0.5, 0.6) is 11.5 Å². The van der Waals surface area contributed by atoms with Crippen molar-refractivity contribution in [3.8, 4) is 11.5 Å². The molecule has 0 radical (unpaired) electrons. The fourth-order valence-electron chi connectivity index (χ4n) is 1.50. The Morgan fingerprint density at radius 2 is 1.39 bits per heavy atom. The number of rotatable bonds is 4. The van der Waals surface area contributed by atoms with Gasteiger partial charge < -0.3 is 10.1 Å².